The lowest BCUT2D eigenvalue weighted by molar-refractivity contribution is -0.132. The van der Waals surface area contributed by atoms with Gasteiger partial charge in [0.05, 0.1) is 17.3 Å². The molecular formula is C20H19N3O2S. The summed E-state index contributed by atoms with van der Waals surface area (Å²) in [6, 6.07) is 11.7. The Morgan fingerprint density at radius 2 is 2.08 bits per heavy atom. The molecule has 1 N–H and O–H groups in total. The van der Waals surface area contributed by atoms with Gasteiger partial charge < -0.3 is 4.98 Å². The van der Waals surface area contributed by atoms with Crippen LogP contribution in [-0.4, -0.2) is 21.6 Å². The Hall–Kier alpha value is -2.73. The van der Waals surface area contributed by atoms with Gasteiger partial charge in [-0.2, -0.15) is 5.10 Å². The molecule has 0 saturated carbocycles. The summed E-state index contributed by atoms with van der Waals surface area (Å²) in [7, 11) is 0. The first kappa shape index (κ1) is 16.7. The van der Waals surface area contributed by atoms with Crippen LogP contribution >= 0.6 is 11.3 Å². The normalized spacial score (nSPS) is 16.9. The molecule has 1 unspecified atom stereocenters. The van der Waals surface area contributed by atoms with E-state index in [-0.39, 0.29) is 17.5 Å². The Kier molecular flexibility index (Phi) is 4.20. The van der Waals surface area contributed by atoms with Crippen molar-refractivity contribution in [2.45, 2.75) is 32.7 Å². The number of hydrogen-bond acceptors (Lipinski definition) is 4. The SMILES string of the molecule is CCC(=O)N1N=C(c2c(C)c3ccsc3[nH]c2=O)CC1c1ccccc1. The van der Waals surface area contributed by atoms with E-state index in [9.17, 15) is 9.59 Å². The van der Waals surface area contributed by atoms with Gasteiger partial charge >= 0.3 is 0 Å². The quantitative estimate of drug-likeness (QED) is 0.763. The lowest BCUT2D eigenvalue weighted by atomic mass is 9.96. The summed E-state index contributed by atoms with van der Waals surface area (Å²) in [5, 5.41) is 9.12. The van der Waals surface area contributed by atoms with Crippen LogP contribution < -0.4 is 5.56 Å². The minimum Gasteiger partial charge on any atom is -0.313 e. The number of nitrogens with one attached hydrogen (secondary N) is 1. The second-order valence-electron chi connectivity index (χ2n) is 6.39. The van der Waals surface area contributed by atoms with Crippen molar-refractivity contribution in [2.24, 2.45) is 5.10 Å². The van der Waals surface area contributed by atoms with E-state index in [1.807, 2.05) is 55.6 Å². The van der Waals surface area contributed by atoms with Gasteiger partial charge in [-0.05, 0) is 29.5 Å². The van der Waals surface area contributed by atoms with Crippen LogP contribution in [0.2, 0.25) is 0 Å². The molecule has 5 nitrogen and oxygen atoms in total. The van der Waals surface area contributed by atoms with Crippen LogP contribution in [0.5, 0.6) is 0 Å². The number of carbonyl (C=O) groups excluding carboxylic acids is 1. The molecule has 1 aromatic carbocycles. The zero-order chi connectivity index (χ0) is 18.3. The van der Waals surface area contributed by atoms with Gasteiger partial charge in [-0.15, -0.1) is 11.3 Å². The number of hydrogen-bond donors (Lipinski definition) is 1. The van der Waals surface area contributed by atoms with Gasteiger partial charge in [-0.3, -0.25) is 9.59 Å². The summed E-state index contributed by atoms with van der Waals surface area (Å²) in [6.07, 6.45) is 0.911. The summed E-state index contributed by atoms with van der Waals surface area (Å²) < 4.78 is 0. The first-order valence-corrected chi connectivity index (χ1v) is 9.53. The number of aromatic amines is 1. The minimum atomic E-state index is -0.171. The largest absolute Gasteiger partial charge is 0.313 e. The second-order valence-corrected chi connectivity index (χ2v) is 7.30. The summed E-state index contributed by atoms with van der Waals surface area (Å²) in [4.78, 5) is 29.0. The zero-order valence-corrected chi connectivity index (χ0v) is 15.5. The molecule has 0 bridgehead atoms. The third-order valence-electron chi connectivity index (χ3n) is 4.84. The topological polar surface area (TPSA) is 65.5 Å². The molecule has 1 amide bonds. The Morgan fingerprint density at radius 1 is 1.31 bits per heavy atom. The molecule has 0 aliphatic carbocycles. The fraction of sp³-hybridized carbons (Fsp3) is 0.250. The molecular weight excluding hydrogens is 346 g/mol. The van der Waals surface area contributed by atoms with E-state index >= 15 is 0 Å². The van der Waals surface area contributed by atoms with Gasteiger partial charge in [-0.25, -0.2) is 5.01 Å². The molecule has 26 heavy (non-hydrogen) atoms. The lowest BCUT2D eigenvalue weighted by Crippen LogP contribution is -2.26. The summed E-state index contributed by atoms with van der Waals surface area (Å²) >= 11 is 1.51. The number of rotatable bonds is 3. The average molecular weight is 365 g/mol. The van der Waals surface area contributed by atoms with Crippen molar-refractivity contribution in [1.82, 2.24) is 9.99 Å². The average Bonchev–Trinajstić information content (AvgIpc) is 3.29. The number of aromatic nitrogens is 1. The van der Waals surface area contributed by atoms with Crippen molar-refractivity contribution in [3.8, 4) is 0 Å². The van der Waals surface area contributed by atoms with Gasteiger partial charge in [0.1, 0.15) is 4.83 Å². The molecule has 0 fully saturated rings. The van der Waals surface area contributed by atoms with Crippen molar-refractivity contribution in [2.75, 3.05) is 0 Å². The first-order valence-electron chi connectivity index (χ1n) is 8.65. The molecule has 2 aromatic heterocycles. The van der Waals surface area contributed by atoms with Crippen LogP contribution in [-0.2, 0) is 4.79 Å². The number of nitrogens with zero attached hydrogens (tertiary/aromatic N) is 2. The number of carbonyl (C=O) groups is 1. The number of fused-ring (bicyclic) bond motifs is 1. The molecule has 3 aromatic rings. The van der Waals surface area contributed by atoms with Crippen molar-refractivity contribution >= 4 is 33.2 Å². The molecule has 1 aliphatic rings. The van der Waals surface area contributed by atoms with Crippen LogP contribution in [0.15, 0.2) is 51.7 Å². The molecule has 0 spiro atoms. The maximum Gasteiger partial charge on any atom is 0.258 e. The van der Waals surface area contributed by atoms with E-state index in [0.717, 1.165) is 21.3 Å². The molecule has 0 radical (unpaired) electrons. The lowest BCUT2D eigenvalue weighted by Gasteiger charge is -2.21. The van der Waals surface area contributed by atoms with E-state index in [0.29, 0.717) is 24.1 Å². The van der Waals surface area contributed by atoms with Crippen molar-refractivity contribution < 1.29 is 4.79 Å². The molecule has 0 saturated heterocycles. The van der Waals surface area contributed by atoms with Crippen LogP contribution in [0.4, 0.5) is 0 Å². The monoisotopic (exact) mass is 365 g/mol. The van der Waals surface area contributed by atoms with Gasteiger partial charge in [0.25, 0.3) is 5.56 Å². The van der Waals surface area contributed by atoms with Gasteiger partial charge in [0.2, 0.25) is 5.91 Å². The molecule has 1 aliphatic heterocycles. The van der Waals surface area contributed by atoms with Gasteiger partial charge in [0, 0.05) is 18.2 Å². The van der Waals surface area contributed by atoms with E-state index < -0.39 is 0 Å². The fourth-order valence-electron chi connectivity index (χ4n) is 3.51. The predicted octanol–water partition coefficient (Wildman–Crippen LogP) is 3.99. The highest BCUT2D eigenvalue weighted by atomic mass is 32.1. The highest BCUT2D eigenvalue weighted by Crippen LogP contribution is 2.34. The van der Waals surface area contributed by atoms with Crippen molar-refractivity contribution in [3.05, 3.63) is 68.8 Å². The fourth-order valence-corrected chi connectivity index (χ4v) is 4.35. The standard InChI is InChI=1S/C20H19N3O2S/c1-3-17(24)23-16(13-7-5-4-6-8-13)11-15(22-23)18-12(2)14-9-10-26-20(14)21-19(18)25/h4-10,16H,3,11H2,1-2H3,(H,21,25). The van der Waals surface area contributed by atoms with E-state index in [2.05, 4.69) is 10.1 Å². The Bertz CT molecular complexity index is 1070. The number of thiophene rings is 1. The van der Waals surface area contributed by atoms with E-state index in [1.54, 1.807) is 5.01 Å². The zero-order valence-electron chi connectivity index (χ0n) is 14.7. The van der Waals surface area contributed by atoms with Crippen LogP contribution in [0.3, 0.4) is 0 Å². The Balaban J connectivity index is 1.83. The maximum atomic E-state index is 12.7. The summed E-state index contributed by atoms with van der Waals surface area (Å²) in [6.45, 7) is 3.78. The highest BCUT2D eigenvalue weighted by Gasteiger charge is 2.33. The van der Waals surface area contributed by atoms with Crippen LogP contribution in [0.1, 0.15) is 42.5 Å². The number of H-pyrrole nitrogens is 1. The number of hydrazone groups is 1. The Morgan fingerprint density at radius 3 is 2.81 bits per heavy atom. The molecule has 6 heteroatoms. The highest BCUT2D eigenvalue weighted by molar-refractivity contribution is 7.16. The third-order valence-corrected chi connectivity index (χ3v) is 5.67. The molecule has 1 atom stereocenters. The maximum absolute atomic E-state index is 12.7. The predicted molar refractivity (Wildman–Crippen MR) is 105 cm³/mol. The summed E-state index contributed by atoms with van der Waals surface area (Å²) in [5.74, 6) is -0.0421. The van der Waals surface area contributed by atoms with Gasteiger partial charge in [0.15, 0.2) is 0 Å². The second kappa shape index (κ2) is 6.53. The minimum absolute atomic E-state index is 0.0421. The smallest absolute Gasteiger partial charge is 0.258 e. The van der Waals surface area contributed by atoms with Crippen LogP contribution in [0.25, 0.3) is 10.2 Å². The van der Waals surface area contributed by atoms with Crippen LogP contribution in [0, 0.1) is 6.92 Å². The number of benzene rings is 1. The molecule has 132 valence electrons. The van der Waals surface area contributed by atoms with Crippen molar-refractivity contribution in [3.63, 3.8) is 0 Å². The molecule has 3 heterocycles. The van der Waals surface area contributed by atoms with E-state index in [4.69, 9.17) is 0 Å². The third kappa shape index (κ3) is 2.66. The number of pyridine rings is 1. The summed E-state index contributed by atoms with van der Waals surface area (Å²) in [5.41, 5.74) is 3.06. The van der Waals surface area contributed by atoms with Gasteiger partial charge in [-0.1, -0.05) is 37.3 Å². The molecule has 4 rings (SSSR count). The number of amides is 1. The van der Waals surface area contributed by atoms with E-state index in [1.165, 1.54) is 11.3 Å². The number of aryl methyl sites for hydroxylation is 1. The first-order chi connectivity index (χ1) is 12.6. The van der Waals surface area contributed by atoms with Crippen molar-refractivity contribution in [1.29, 1.82) is 0 Å². The Labute approximate surface area is 155 Å².